The van der Waals surface area contributed by atoms with Gasteiger partial charge in [-0.15, -0.1) is 0 Å². The van der Waals surface area contributed by atoms with Crippen molar-refractivity contribution in [2.45, 2.75) is 52.1 Å². The molecule has 0 rings (SSSR count). The summed E-state index contributed by atoms with van der Waals surface area (Å²) in [6.45, 7) is 7.61. The Kier molecular flexibility index (Phi) is 9.24. The summed E-state index contributed by atoms with van der Waals surface area (Å²) in [5, 5.41) is 6.20. The number of methoxy groups -OCH3 is 1. The molecule has 0 saturated heterocycles. The fraction of sp³-hybridized carbons (Fsp3) is 0.917. The molecular weight excluding hydrogens is 204 g/mol. The Morgan fingerprint density at radius 2 is 1.94 bits per heavy atom. The van der Waals surface area contributed by atoms with Crippen molar-refractivity contribution in [2.75, 3.05) is 20.3 Å². The predicted molar refractivity (Wildman–Crippen MR) is 66.5 cm³/mol. The van der Waals surface area contributed by atoms with Crippen LogP contribution in [0, 0.1) is 0 Å². The molecule has 1 unspecified atom stereocenters. The van der Waals surface area contributed by atoms with Crippen LogP contribution in [0.15, 0.2) is 0 Å². The number of carbonyl (C=O) groups excluding carboxylic acids is 1. The van der Waals surface area contributed by atoms with Crippen LogP contribution in [-0.2, 0) is 9.53 Å². The number of hydrogen-bond acceptors (Lipinski definition) is 3. The van der Waals surface area contributed by atoms with E-state index in [1.807, 2.05) is 6.92 Å². The van der Waals surface area contributed by atoms with E-state index >= 15 is 0 Å². The van der Waals surface area contributed by atoms with Crippen LogP contribution < -0.4 is 10.6 Å². The van der Waals surface area contributed by atoms with Gasteiger partial charge in [0.05, 0.1) is 6.04 Å². The zero-order valence-corrected chi connectivity index (χ0v) is 11.0. The molecule has 0 aliphatic carbocycles. The van der Waals surface area contributed by atoms with E-state index in [2.05, 4.69) is 24.5 Å². The van der Waals surface area contributed by atoms with E-state index in [1.165, 1.54) is 0 Å². The number of hydrogen-bond donors (Lipinski definition) is 2. The van der Waals surface area contributed by atoms with E-state index in [1.54, 1.807) is 7.11 Å². The fourth-order valence-electron chi connectivity index (χ4n) is 1.45. The van der Waals surface area contributed by atoms with Gasteiger partial charge in [0.1, 0.15) is 0 Å². The summed E-state index contributed by atoms with van der Waals surface area (Å²) in [4.78, 5) is 11.7. The van der Waals surface area contributed by atoms with Crippen LogP contribution in [0.2, 0.25) is 0 Å². The first kappa shape index (κ1) is 15.4. The van der Waals surface area contributed by atoms with Crippen molar-refractivity contribution in [2.24, 2.45) is 0 Å². The molecule has 2 N–H and O–H groups in total. The van der Waals surface area contributed by atoms with Crippen LogP contribution in [0.25, 0.3) is 0 Å². The zero-order chi connectivity index (χ0) is 12.4. The Morgan fingerprint density at radius 3 is 2.44 bits per heavy atom. The maximum absolute atomic E-state index is 11.7. The standard InChI is InChI=1S/C12H26N2O2/c1-5-11(6-2)14-12(15)10(3)13-8-7-9-16-4/h10-11,13H,5-9H2,1-4H3,(H,14,15). The molecule has 16 heavy (non-hydrogen) atoms. The largest absolute Gasteiger partial charge is 0.385 e. The second-order valence-electron chi connectivity index (χ2n) is 4.04. The number of ether oxygens (including phenoxy) is 1. The van der Waals surface area contributed by atoms with Gasteiger partial charge in [-0.2, -0.15) is 0 Å². The Hall–Kier alpha value is -0.610. The molecule has 96 valence electrons. The SMILES string of the molecule is CCC(CC)NC(=O)C(C)NCCCOC. The quantitative estimate of drug-likeness (QED) is 0.587. The number of amides is 1. The highest BCUT2D eigenvalue weighted by Gasteiger charge is 2.14. The third kappa shape index (κ3) is 6.80. The van der Waals surface area contributed by atoms with Crippen molar-refractivity contribution in [1.29, 1.82) is 0 Å². The minimum atomic E-state index is -0.127. The maximum atomic E-state index is 11.7. The first-order valence-electron chi connectivity index (χ1n) is 6.18. The summed E-state index contributed by atoms with van der Waals surface area (Å²) in [7, 11) is 1.68. The Labute approximate surface area is 99.1 Å². The van der Waals surface area contributed by atoms with E-state index < -0.39 is 0 Å². The average molecular weight is 230 g/mol. The summed E-state index contributed by atoms with van der Waals surface area (Å²) >= 11 is 0. The Bertz CT molecular complexity index is 182. The maximum Gasteiger partial charge on any atom is 0.237 e. The summed E-state index contributed by atoms with van der Waals surface area (Å²) < 4.78 is 4.94. The summed E-state index contributed by atoms with van der Waals surface area (Å²) in [5.74, 6) is 0.0890. The normalized spacial score (nSPS) is 12.8. The molecule has 0 heterocycles. The van der Waals surface area contributed by atoms with E-state index in [-0.39, 0.29) is 11.9 Å². The molecule has 0 aromatic heterocycles. The van der Waals surface area contributed by atoms with Gasteiger partial charge in [0, 0.05) is 19.8 Å². The molecule has 1 amide bonds. The fourth-order valence-corrected chi connectivity index (χ4v) is 1.45. The molecule has 4 nitrogen and oxygen atoms in total. The molecule has 0 aliphatic rings. The summed E-state index contributed by atoms with van der Waals surface area (Å²) in [6.07, 6.45) is 2.90. The molecule has 0 aliphatic heterocycles. The summed E-state index contributed by atoms with van der Waals surface area (Å²) in [6, 6.07) is 0.174. The van der Waals surface area contributed by atoms with Crippen LogP contribution in [0.5, 0.6) is 0 Å². The van der Waals surface area contributed by atoms with E-state index in [0.29, 0.717) is 6.04 Å². The van der Waals surface area contributed by atoms with Gasteiger partial charge in [-0.25, -0.2) is 0 Å². The van der Waals surface area contributed by atoms with Gasteiger partial charge in [0.25, 0.3) is 0 Å². The first-order chi connectivity index (χ1) is 7.65. The lowest BCUT2D eigenvalue weighted by atomic mass is 10.1. The van der Waals surface area contributed by atoms with E-state index in [0.717, 1.165) is 32.4 Å². The Morgan fingerprint density at radius 1 is 1.31 bits per heavy atom. The van der Waals surface area contributed by atoms with Gasteiger partial charge >= 0.3 is 0 Å². The van der Waals surface area contributed by atoms with Crippen molar-refractivity contribution in [3.8, 4) is 0 Å². The van der Waals surface area contributed by atoms with Crippen molar-refractivity contribution >= 4 is 5.91 Å². The predicted octanol–water partition coefficient (Wildman–Crippen LogP) is 1.31. The monoisotopic (exact) mass is 230 g/mol. The number of rotatable bonds is 9. The molecule has 4 heteroatoms. The Balaban J connectivity index is 3.72. The second kappa shape index (κ2) is 9.60. The molecule has 0 aromatic rings. The lowest BCUT2D eigenvalue weighted by Gasteiger charge is -2.19. The van der Waals surface area contributed by atoms with Crippen molar-refractivity contribution < 1.29 is 9.53 Å². The third-order valence-electron chi connectivity index (χ3n) is 2.70. The molecule has 0 aromatic carbocycles. The van der Waals surface area contributed by atoms with Gasteiger partial charge in [0.2, 0.25) is 5.91 Å². The minimum absolute atomic E-state index is 0.0890. The van der Waals surface area contributed by atoms with Gasteiger partial charge in [-0.1, -0.05) is 13.8 Å². The molecule has 0 saturated carbocycles. The first-order valence-corrected chi connectivity index (χ1v) is 6.18. The molecule has 0 bridgehead atoms. The highest BCUT2D eigenvalue weighted by molar-refractivity contribution is 5.81. The van der Waals surface area contributed by atoms with Crippen LogP contribution in [-0.4, -0.2) is 38.3 Å². The highest BCUT2D eigenvalue weighted by Crippen LogP contribution is 1.96. The van der Waals surface area contributed by atoms with Gasteiger partial charge < -0.3 is 15.4 Å². The van der Waals surface area contributed by atoms with Crippen molar-refractivity contribution in [3.63, 3.8) is 0 Å². The lowest BCUT2D eigenvalue weighted by molar-refractivity contribution is -0.123. The van der Waals surface area contributed by atoms with Crippen LogP contribution in [0.4, 0.5) is 0 Å². The van der Waals surface area contributed by atoms with Gasteiger partial charge in [-0.3, -0.25) is 4.79 Å². The van der Waals surface area contributed by atoms with E-state index in [4.69, 9.17) is 4.74 Å². The van der Waals surface area contributed by atoms with Crippen LogP contribution in [0.3, 0.4) is 0 Å². The minimum Gasteiger partial charge on any atom is -0.385 e. The van der Waals surface area contributed by atoms with Gasteiger partial charge in [-0.05, 0) is 32.7 Å². The molecule has 0 radical (unpaired) electrons. The number of nitrogens with one attached hydrogen (secondary N) is 2. The van der Waals surface area contributed by atoms with Crippen molar-refractivity contribution in [3.05, 3.63) is 0 Å². The van der Waals surface area contributed by atoms with Gasteiger partial charge in [0.15, 0.2) is 0 Å². The molecule has 0 spiro atoms. The smallest absolute Gasteiger partial charge is 0.237 e. The molecule has 0 fully saturated rings. The van der Waals surface area contributed by atoms with Crippen molar-refractivity contribution in [1.82, 2.24) is 10.6 Å². The average Bonchev–Trinajstić information content (AvgIpc) is 2.30. The van der Waals surface area contributed by atoms with Crippen LogP contribution >= 0.6 is 0 Å². The lowest BCUT2D eigenvalue weighted by Crippen LogP contribution is -2.46. The number of carbonyl (C=O) groups is 1. The molecular formula is C12H26N2O2. The highest BCUT2D eigenvalue weighted by atomic mass is 16.5. The topological polar surface area (TPSA) is 50.4 Å². The van der Waals surface area contributed by atoms with E-state index in [9.17, 15) is 4.79 Å². The second-order valence-corrected chi connectivity index (χ2v) is 4.04. The third-order valence-corrected chi connectivity index (χ3v) is 2.70. The summed E-state index contributed by atoms with van der Waals surface area (Å²) in [5.41, 5.74) is 0. The van der Waals surface area contributed by atoms with Crippen LogP contribution in [0.1, 0.15) is 40.0 Å². The molecule has 1 atom stereocenters. The zero-order valence-electron chi connectivity index (χ0n) is 11.0.